The number of carbonyl (C=O) groups is 1. The fourth-order valence-electron chi connectivity index (χ4n) is 2.28. The second kappa shape index (κ2) is 5.83. The van der Waals surface area contributed by atoms with Gasteiger partial charge in [-0.05, 0) is 37.9 Å². The average molecular weight is 241 g/mol. The van der Waals surface area contributed by atoms with Crippen molar-refractivity contribution in [1.29, 1.82) is 0 Å². The standard InChI is InChI=1S/C13H27N3O/c1-13(2,10-14)7-12(17)16(4)9-11-5-6-15(3)8-11/h11H,5-10,14H2,1-4H3. The van der Waals surface area contributed by atoms with E-state index in [1.165, 1.54) is 6.42 Å². The molecule has 2 N–H and O–H groups in total. The molecule has 0 radical (unpaired) electrons. The van der Waals surface area contributed by atoms with Crippen molar-refractivity contribution in [3.05, 3.63) is 0 Å². The summed E-state index contributed by atoms with van der Waals surface area (Å²) in [5.41, 5.74) is 5.57. The van der Waals surface area contributed by atoms with Gasteiger partial charge in [-0.25, -0.2) is 0 Å². The number of carbonyl (C=O) groups excluding carboxylic acids is 1. The third-order valence-corrected chi connectivity index (χ3v) is 3.63. The Bertz CT molecular complexity index is 265. The monoisotopic (exact) mass is 241 g/mol. The van der Waals surface area contributed by atoms with Gasteiger partial charge in [-0.1, -0.05) is 13.8 Å². The summed E-state index contributed by atoms with van der Waals surface area (Å²) < 4.78 is 0. The van der Waals surface area contributed by atoms with Gasteiger partial charge in [-0.3, -0.25) is 4.79 Å². The fraction of sp³-hybridized carbons (Fsp3) is 0.923. The summed E-state index contributed by atoms with van der Waals surface area (Å²) in [5, 5.41) is 0. The van der Waals surface area contributed by atoms with Crippen LogP contribution in [0.25, 0.3) is 0 Å². The second-order valence-electron chi connectivity index (χ2n) is 6.24. The van der Waals surface area contributed by atoms with E-state index < -0.39 is 0 Å². The van der Waals surface area contributed by atoms with E-state index in [2.05, 4.69) is 11.9 Å². The van der Waals surface area contributed by atoms with Crippen LogP contribution in [-0.4, -0.2) is 56.0 Å². The minimum absolute atomic E-state index is 0.0855. The minimum atomic E-state index is -0.0855. The maximum Gasteiger partial charge on any atom is 0.222 e. The molecule has 0 saturated carbocycles. The molecule has 0 aromatic carbocycles. The van der Waals surface area contributed by atoms with Crippen LogP contribution in [0, 0.1) is 11.3 Å². The second-order valence-corrected chi connectivity index (χ2v) is 6.24. The van der Waals surface area contributed by atoms with Crippen LogP contribution in [0.4, 0.5) is 0 Å². The van der Waals surface area contributed by atoms with Crippen molar-refractivity contribution < 1.29 is 4.79 Å². The van der Waals surface area contributed by atoms with Crippen LogP contribution in [0.5, 0.6) is 0 Å². The largest absolute Gasteiger partial charge is 0.345 e. The Kier molecular flexibility index (Phi) is 4.95. The van der Waals surface area contributed by atoms with Crippen LogP contribution in [-0.2, 0) is 4.79 Å². The Balaban J connectivity index is 2.37. The van der Waals surface area contributed by atoms with Crippen molar-refractivity contribution >= 4 is 5.91 Å². The van der Waals surface area contributed by atoms with Gasteiger partial charge in [0.25, 0.3) is 0 Å². The van der Waals surface area contributed by atoms with Gasteiger partial charge in [-0.2, -0.15) is 0 Å². The number of nitrogens with two attached hydrogens (primary N) is 1. The summed E-state index contributed by atoms with van der Waals surface area (Å²) in [7, 11) is 4.05. The number of hydrogen-bond donors (Lipinski definition) is 1. The van der Waals surface area contributed by atoms with Gasteiger partial charge in [0.2, 0.25) is 5.91 Å². The van der Waals surface area contributed by atoms with Crippen molar-refractivity contribution in [2.45, 2.75) is 26.7 Å². The summed E-state index contributed by atoms with van der Waals surface area (Å²) in [4.78, 5) is 16.2. The summed E-state index contributed by atoms with van der Waals surface area (Å²) in [6.07, 6.45) is 1.75. The number of amides is 1. The molecule has 0 bridgehead atoms. The van der Waals surface area contributed by atoms with E-state index in [9.17, 15) is 4.79 Å². The quantitative estimate of drug-likeness (QED) is 0.773. The third kappa shape index (κ3) is 4.64. The minimum Gasteiger partial charge on any atom is -0.345 e. The maximum absolute atomic E-state index is 12.0. The first-order valence-electron chi connectivity index (χ1n) is 6.46. The lowest BCUT2D eigenvalue weighted by molar-refractivity contribution is -0.132. The molecule has 0 aromatic heterocycles. The van der Waals surface area contributed by atoms with Gasteiger partial charge in [0.1, 0.15) is 0 Å². The Morgan fingerprint density at radius 2 is 2.18 bits per heavy atom. The van der Waals surface area contributed by atoms with Crippen LogP contribution in [0.15, 0.2) is 0 Å². The Morgan fingerprint density at radius 3 is 2.65 bits per heavy atom. The zero-order valence-electron chi connectivity index (χ0n) is 11.7. The first kappa shape index (κ1) is 14.5. The number of nitrogens with zero attached hydrogens (tertiary/aromatic N) is 2. The zero-order valence-corrected chi connectivity index (χ0v) is 11.7. The van der Waals surface area contributed by atoms with Gasteiger partial charge in [0.15, 0.2) is 0 Å². The molecule has 1 fully saturated rings. The van der Waals surface area contributed by atoms with Crippen LogP contribution in [0.1, 0.15) is 26.7 Å². The molecule has 100 valence electrons. The summed E-state index contributed by atoms with van der Waals surface area (Å²) in [6, 6.07) is 0. The molecule has 1 amide bonds. The van der Waals surface area contributed by atoms with E-state index in [1.54, 1.807) is 0 Å². The molecule has 4 heteroatoms. The number of hydrogen-bond acceptors (Lipinski definition) is 3. The first-order chi connectivity index (χ1) is 7.84. The SMILES string of the molecule is CN1CCC(CN(C)C(=O)CC(C)(C)CN)C1. The summed E-state index contributed by atoms with van der Waals surface area (Å²) in [6.45, 7) is 7.78. The van der Waals surface area contributed by atoms with Gasteiger partial charge in [-0.15, -0.1) is 0 Å². The van der Waals surface area contributed by atoms with Crippen molar-refractivity contribution in [2.24, 2.45) is 17.1 Å². The smallest absolute Gasteiger partial charge is 0.222 e. The molecule has 1 aliphatic rings. The Morgan fingerprint density at radius 1 is 1.53 bits per heavy atom. The molecule has 0 aromatic rings. The molecule has 1 aliphatic heterocycles. The highest BCUT2D eigenvalue weighted by Gasteiger charge is 2.26. The molecule has 1 unspecified atom stereocenters. The van der Waals surface area contributed by atoms with Crippen LogP contribution in [0.3, 0.4) is 0 Å². The molecule has 4 nitrogen and oxygen atoms in total. The van der Waals surface area contributed by atoms with E-state index >= 15 is 0 Å². The first-order valence-corrected chi connectivity index (χ1v) is 6.46. The predicted octanol–water partition coefficient (Wildman–Crippen LogP) is 0.772. The zero-order chi connectivity index (χ0) is 13.1. The Hall–Kier alpha value is -0.610. The average Bonchev–Trinajstić information content (AvgIpc) is 2.63. The lowest BCUT2D eigenvalue weighted by Gasteiger charge is -2.27. The summed E-state index contributed by atoms with van der Waals surface area (Å²) >= 11 is 0. The molecule has 17 heavy (non-hydrogen) atoms. The molecule has 1 rings (SSSR count). The summed E-state index contributed by atoms with van der Waals surface area (Å²) in [5.74, 6) is 0.852. The highest BCUT2D eigenvalue weighted by molar-refractivity contribution is 5.76. The highest BCUT2D eigenvalue weighted by Crippen LogP contribution is 2.21. The molecule has 1 heterocycles. The molecule has 0 aliphatic carbocycles. The van der Waals surface area contributed by atoms with Crippen molar-refractivity contribution in [1.82, 2.24) is 9.80 Å². The van der Waals surface area contributed by atoms with Gasteiger partial charge >= 0.3 is 0 Å². The molecular weight excluding hydrogens is 214 g/mol. The van der Waals surface area contributed by atoms with E-state index in [-0.39, 0.29) is 11.3 Å². The van der Waals surface area contributed by atoms with Crippen LogP contribution >= 0.6 is 0 Å². The fourth-order valence-corrected chi connectivity index (χ4v) is 2.28. The van der Waals surface area contributed by atoms with E-state index in [0.29, 0.717) is 18.9 Å². The Labute approximate surface area is 105 Å². The number of rotatable bonds is 5. The van der Waals surface area contributed by atoms with Crippen molar-refractivity contribution in [3.8, 4) is 0 Å². The normalized spacial score (nSPS) is 21.8. The molecule has 1 saturated heterocycles. The van der Waals surface area contributed by atoms with Crippen LogP contribution in [0.2, 0.25) is 0 Å². The molecular formula is C13H27N3O. The van der Waals surface area contributed by atoms with Gasteiger partial charge in [0.05, 0.1) is 0 Å². The van der Waals surface area contributed by atoms with E-state index in [0.717, 1.165) is 19.6 Å². The van der Waals surface area contributed by atoms with Gasteiger partial charge in [0, 0.05) is 26.6 Å². The molecule has 0 spiro atoms. The third-order valence-electron chi connectivity index (χ3n) is 3.63. The molecule has 1 atom stereocenters. The van der Waals surface area contributed by atoms with E-state index in [1.807, 2.05) is 25.8 Å². The maximum atomic E-state index is 12.0. The lowest BCUT2D eigenvalue weighted by Crippen LogP contribution is -2.37. The van der Waals surface area contributed by atoms with Crippen molar-refractivity contribution in [2.75, 3.05) is 40.3 Å². The number of likely N-dealkylation sites (tertiary alicyclic amines) is 1. The predicted molar refractivity (Wildman–Crippen MR) is 70.7 cm³/mol. The van der Waals surface area contributed by atoms with E-state index in [4.69, 9.17) is 5.73 Å². The highest BCUT2D eigenvalue weighted by atomic mass is 16.2. The van der Waals surface area contributed by atoms with Crippen molar-refractivity contribution in [3.63, 3.8) is 0 Å². The van der Waals surface area contributed by atoms with Crippen LogP contribution < -0.4 is 5.73 Å². The lowest BCUT2D eigenvalue weighted by atomic mass is 9.89. The topological polar surface area (TPSA) is 49.6 Å². The van der Waals surface area contributed by atoms with Gasteiger partial charge < -0.3 is 15.5 Å².